The Balaban J connectivity index is 1.69. The average Bonchev–Trinajstić information content (AvgIpc) is 3.24. The minimum Gasteiger partial charge on any atom is -0.489 e. The van der Waals surface area contributed by atoms with Gasteiger partial charge >= 0.3 is 0 Å². The maximum atomic E-state index is 11.7. The normalized spacial score (nSPS) is 15.3. The summed E-state index contributed by atoms with van der Waals surface area (Å²) < 4.78 is 7.04. The Morgan fingerprint density at radius 3 is 2.73 bits per heavy atom. The fraction of sp³-hybridized carbons (Fsp3) is 0.238. The molecular formula is C21H20N4O3S2. The van der Waals surface area contributed by atoms with E-state index in [1.165, 1.54) is 0 Å². The van der Waals surface area contributed by atoms with Gasteiger partial charge in [0.05, 0.1) is 26.9 Å². The zero-order chi connectivity index (χ0) is 21.3. The average molecular weight is 441 g/mol. The molecule has 3 aromatic rings. The topological polar surface area (TPSA) is 93.2 Å². The van der Waals surface area contributed by atoms with Crippen LogP contribution in [0.25, 0.3) is 27.6 Å². The number of rotatable bonds is 6. The third-order valence-corrected chi connectivity index (χ3v) is 6.02. The van der Waals surface area contributed by atoms with Gasteiger partial charge in [0.25, 0.3) is 11.1 Å². The number of carbonyl (C=O) groups is 2. The van der Waals surface area contributed by atoms with Crippen LogP contribution in [0, 0.1) is 0 Å². The van der Waals surface area contributed by atoms with Crippen molar-refractivity contribution in [2.75, 3.05) is 11.9 Å². The molecule has 9 heteroatoms. The third kappa shape index (κ3) is 4.31. The Kier molecular flexibility index (Phi) is 5.74. The van der Waals surface area contributed by atoms with Crippen molar-refractivity contribution in [1.82, 2.24) is 15.3 Å². The van der Waals surface area contributed by atoms with Crippen molar-refractivity contribution in [3.05, 3.63) is 40.9 Å². The van der Waals surface area contributed by atoms with Gasteiger partial charge in [0, 0.05) is 18.3 Å². The SMILES string of the molecule is CCNc1nc2cc(-c3ccc(/C=C4/SC(=O)NC4=O)cn3)cc(OC(C)C)c2s1. The summed E-state index contributed by atoms with van der Waals surface area (Å²) in [6.07, 6.45) is 3.37. The minimum atomic E-state index is -0.380. The van der Waals surface area contributed by atoms with E-state index in [0.717, 1.165) is 56.2 Å². The second kappa shape index (κ2) is 8.45. The number of benzene rings is 1. The van der Waals surface area contributed by atoms with Gasteiger partial charge in [0.2, 0.25) is 0 Å². The largest absolute Gasteiger partial charge is 0.489 e. The quantitative estimate of drug-likeness (QED) is 0.527. The van der Waals surface area contributed by atoms with E-state index in [4.69, 9.17) is 4.74 Å². The minimum absolute atomic E-state index is 0.0351. The number of anilines is 1. The first-order chi connectivity index (χ1) is 14.4. The lowest BCUT2D eigenvalue weighted by molar-refractivity contribution is -0.115. The summed E-state index contributed by atoms with van der Waals surface area (Å²) in [7, 11) is 0. The highest BCUT2D eigenvalue weighted by Gasteiger charge is 2.25. The van der Waals surface area contributed by atoms with Gasteiger partial charge < -0.3 is 10.1 Å². The number of nitrogens with zero attached hydrogens (tertiary/aromatic N) is 2. The second-order valence-electron chi connectivity index (χ2n) is 6.87. The summed E-state index contributed by atoms with van der Waals surface area (Å²) in [5.74, 6) is 0.403. The number of carbonyl (C=O) groups excluding carboxylic acids is 2. The maximum Gasteiger partial charge on any atom is 0.290 e. The number of ether oxygens (including phenoxy) is 1. The summed E-state index contributed by atoms with van der Waals surface area (Å²) in [6, 6.07) is 7.73. The van der Waals surface area contributed by atoms with Gasteiger partial charge in [-0.05, 0) is 62.4 Å². The van der Waals surface area contributed by atoms with Crippen LogP contribution in [0.15, 0.2) is 35.4 Å². The van der Waals surface area contributed by atoms with E-state index >= 15 is 0 Å². The molecule has 1 fully saturated rings. The number of amides is 2. The summed E-state index contributed by atoms with van der Waals surface area (Å²) >= 11 is 2.46. The molecule has 4 rings (SSSR count). The second-order valence-corrected chi connectivity index (χ2v) is 8.88. The first kappa shape index (κ1) is 20.4. The summed E-state index contributed by atoms with van der Waals surface area (Å²) in [5, 5.41) is 6.00. The van der Waals surface area contributed by atoms with Crippen molar-refractivity contribution in [2.24, 2.45) is 0 Å². The van der Waals surface area contributed by atoms with Crippen molar-refractivity contribution in [3.63, 3.8) is 0 Å². The van der Waals surface area contributed by atoms with E-state index in [1.54, 1.807) is 23.6 Å². The molecule has 2 N–H and O–H groups in total. The van der Waals surface area contributed by atoms with E-state index < -0.39 is 0 Å². The molecule has 0 aliphatic carbocycles. The van der Waals surface area contributed by atoms with Crippen molar-refractivity contribution in [3.8, 4) is 17.0 Å². The number of imide groups is 1. The smallest absolute Gasteiger partial charge is 0.290 e. The summed E-state index contributed by atoms with van der Waals surface area (Å²) in [5.41, 5.74) is 3.27. The molecule has 1 saturated heterocycles. The molecule has 1 aliphatic rings. The van der Waals surface area contributed by atoms with Crippen LogP contribution in [-0.2, 0) is 4.79 Å². The van der Waals surface area contributed by atoms with Gasteiger partial charge in [-0.1, -0.05) is 17.4 Å². The Hall–Kier alpha value is -2.91. The molecule has 0 unspecified atom stereocenters. The van der Waals surface area contributed by atoms with Crippen LogP contribution in [0.1, 0.15) is 26.3 Å². The molecule has 154 valence electrons. The number of thiazole rings is 1. The van der Waals surface area contributed by atoms with E-state index in [1.807, 2.05) is 45.0 Å². The van der Waals surface area contributed by atoms with Crippen molar-refractivity contribution >= 4 is 55.7 Å². The Labute approximate surface area is 181 Å². The molecule has 2 aromatic heterocycles. The van der Waals surface area contributed by atoms with E-state index in [0.29, 0.717) is 4.91 Å². The zero-order valence-electron chi connectivity index (χ0n) is 16.7. The van der Waals surface area contributed by atoms with Crippen LogP contribution in [0.4, 0.5) is 9.93 Å². The van der Waals surface area contributed by atoms with Gasteiger partial charge in [0.15, 0.2) is 5.13 Å². The van der Waals surface area contributed by atoms with Crippen LogP contribution < -0.4 is 15.4 Å². The molecule has 1 aromatic carbocycles. The van der Waals surface area contributed by atoms with Gasteiger partial charge in [-0.15, -0.1) is 0 Å². The monoisotopic (exact) mass is 440 g/mol. The number of thioether (sulfide) groups is 1. The number of hydrogen-bond donors (Lipinski definition) is 2. The molecule has 30 heavy (non-hydrogen) atoms. The van der Waals surface area contributed by atoms with Crippen LogP contribution in [0.2, 0.25) is 0 Å². The van der Waals surface area contributed by atoms with Crippen molar-refractivity contribution < 1.29 is 14.3 Å². The maximum absolute atomic E-state index is 11.7. The highest BCUT2D eigenvalue weighted by Crippen LogP contribution is 2.38. The van der Waals surface area contributed by atoms with Gasteiger partial charge in [-0.2, -0.15) is 0 Å². The molecule has 0 spiro atoms. The highest BCUT2D eigenvalue weighted by atomic mass is 32.2. The first-order valence-electron chi connectivity index (χ1n) is 9.49. The molecule has 0 bridgehead atoms. The first-order valence-corrected chi connectivity index (χ1v) is 11.1. The van der Waals surface area contributed by atoms with Crippen molar-refractivity contribution in [1.29, 1.82) is 0 Å². The van der Waals surface area contributed by atoms with Crippen LogP contribution in [-0.4, -0.2) is 33.8 Å². The molecule has 3 heterocycles. The molecule has 7 nitrogen and oxygen atoms in total. The highest BCUT2D eigenvalue weighted by molar-refractivity contribution is 8.18. The Morgan fingerprint density at radius 2 is 2.10 bits per heavy atom. The molecule has 0 radical (unpaired) electrons. The lowest BCUT2D eigenvalue weighted by Gasteiger charge is -2.12. The van der Waals surface area contributed by atoms with Gasteiger partial charge in [0.1, 0.15) is 5.75 Å². The lowest BCUT2D eigenvalue weighted by atomic mass is 10.1. The van der Waals surface area contributed by atoms with Crippen molar-refractivity contribution in [2.45, 2.75) is 26.9 Å². The number of pyridine rings is 1. The number of aromatic nitrogens is 2. The molecule has 2 amide bonds. The summed E-state index contributed by atoms with van der Waals surface area (Å²) in [4.78, 5) is 32.6. The predicted molar refractivity (Wildman–Crippen MR) is 122 cm³/mol. The zero-order valence-corrected chi connectivity index (χ0v) is 18.3. The van der Waals surface area contributed by atoms with Gasteiger partial charge in [-0.25, -0.2) is 4.98 Å². The van der Waals surface area contributed by atoms with Crippen LogP contribution in [0.3, 0.4) is 0 Å². The molecule has 0 saturated carbocycles. The van der Waals surface area contributed by atoms with Crippen LogP contribution >= 0.6 is 23.1 Å². The molecule has 0 atom stereocenters. The van der Waals surface area contributed by atoms with E-state index in [2.05, 4.69) is 20.6 Å². The van der Waals surface area contributed by atoms with Gasteiger partial charge in [-0.3, -0.25) is 19.9 Å². The third-order valence-electron chi connectivity index (χ3n) is 4.17. The van der Waals surface area contributed by atoms with E-state index in [-0.39, 0.29) is 17.3 Å². The fourth-order valence-electron chi connectivity index (χ4n) is 2.95. The number of hydrogen-bond acceptors (Lipinski definition) is 8. The molecular weight excluding hydrogens is 420 g/mol. The van der Waals surface area contributed by atoms with E-state index in [9.17, 15) is 9.59 Å². The Morgan fingerprint density at radius 1 is 1.27 bits per heavy atom. The lowest BCUT2D eigenvalue weighted by Crippen LogP contribution is -2.17. The number of fused-ring (bicyclic) bond motifs is 1. The Bertz CT molecular complexity index is 1150. The number of nitrogens with one attached hydrogen (secondary N) is 2. The molecule has 1 aliphatic heterocycles. The van der Waals surface area contributed by atoms with Crippen LogP contribution in [0.5, 0.6) is 5.75 Å². The fourth-order valence-corrected chi connectivity index (χ4v) is 4.60. The summed E-state index contributed by atoms with van der Waals surface area (Å²) in [6.45, 7) is 6.82. The predicted octanol–water partition coefficient (Wildman–Crippen LogP) is 4.90. The standard InChI is InChI=1S/C21H20N4O3S2/c1-4-22-20-24-15-8-13(9-16(18(15)30-20)28-11(2)3)14-6-5-12(10-23-14)7-17-19(26)25-21(27)29-17/h5-11H,4H2,1-3H3,(H,22,24)(H,25,26,27)/b17-7+.